The molecular formula is C29H33N5O6. The molecule has 2 aromatic carbocycles. The van der Waals surface area contributed by atoms with Crippen LogP contribution in [0.5, 0.6) is 0 Å². The summed E-state index contributed by atoms with van der Waals surface area (Å²) in [6, 6.07) is 11.2. The van der Waals surface area contributed by atoms with Gasteiger partial charge in [0.05, 0.1) is 11.1 Å². The second-order valence-electron chi connectivity index (χ2n) is 10.7. The molecule has 0 radical (unpaired) electrons. The van der Waals surface area contributed by atoms with E-state index in [2.05, 4.69) is 20.9 Å². The van der Waals surface area contributed by atoms with Crippen molar-refractivity contribution < 1.29 is 23.9 Å². The summed E-state index contributed by atoms with van der Waals surface area (Å²) in [6.45, 7) is 7.45. The average molecular weight is 548 g/mol. The van der Waals surface area contributed by atoms with Crippen molar-refractivity contribution in [3.63, 3.8) is 0 Å². The summed E-state index contributed by atoms with van der Waals surface area (Å²) in [5, 5.41) is 8.10. The van der Waals surface area contributed by atoms with Gasteiger partial charge in [-0.25, -0.2) is 9.78 Å². The van der Waals surface area contributed by atoms with Gasteiger partial charge >= 0.3 is 6.09 Å². The Morgan fingerprint density at radius 1 is 1.12 bits per heavy atom. The number of para-hydroxylation sites is 1. The summed E-state index contributed by atoms with van der Waals surface area (Å²) in [6.07, 6.45) is 1.18. The third-order valence-electron chi connectivity index (χ3n) is 6.38. The third kappa shape index (κ3) is 6.71. The van der Waals surface area contributed by atoms with E-state index in [0.29, 0.717) is 42.0 Å². The Morgan fingerprint density at radius 3 is 2.60 bits per heavy atom. The second kappa shape index (κ2) is 11.7. The van der Waals surface area contributed by atoms with Crippen LogP contribution in [0.3, 0.4) is 0 Å². The van der Waals surface area contributed by atoms with Crippen LogP contribution in [0.4, 0.5) is 10.5 Å². The fraction of sp³-hybridized carbons (Fsp3) is 0.379. The van der Waals surface area contributed by atoms with Gasteiger partial charge < -0.3 is 15.4 Å². The highest BCUT2D eigenvalue weighted by Crippen LogP contribution is 2.24. The van der Waals surface area contributed by atoms with Crippen molar-refractivity contribution in [2.45, 2.75) is 65.0 Å². The molecule has 210 valence electrons. The number of imide groups is 1. The van der Waals surface area contributed by atoms with Crippen molar-refractivity contribution in [1.82, 2.24) is 20.2 Å². The Balaban J connectivity index is 1.47. The van der Waals surface area contributed by atoms with Crippen LogP contribution in [0.25, 0.3) is 10.9 Å². The molecule has 11 heteroatoms. The molecule has 2 heterocycles. The lowest BCUT2D eigenvalue weighted by Crippen LogP contribution is -2.45. The molecular weight excluding hydrogens is 514 g/mol. The minimum atomic E-state index is -0.831. The number of alkyl carbamates (subject to hydrolysis) is 1. The largest absolute Gasteiger partial charge is 0.444 e. The summed E-state index contributed by atoms with van der Waals surface area (Å²) in [5.74, 6) is -0.967. The van der Waals surface area contributed by atoms with Gasteiger partial charge in [-0.1, -0.05) is 18.2 Å². The molecule has 0 spiro atoms. The first-order chi connectivity index (χ1) is 18.9. The number of benzene rings is 2. The molecule has 1 atom stereocenters. The lowest BCUT2D eigenvalue weighted by Gasteiger charge is -2.24. The minimum absolute atomic E-state index is 0.135. The van der Waals surface area contributed by atoms with Crippen LogP contribution < -0.4 is 21.5 Å². The lowest BCUT2D eigenvalue weighted by molar-refractivity contribution is -0.135. The molecule has 4 rings (SSSR count). The van der Waals surface area contributed by atoms with Crippen LogP contribution in [-0.4, -0.2) is 45.5 Å². The Kier molecular flexibility index (Phi) is 8.32. The SMILES string of the molecule is Cc1nc2c(NC(=O)c3cccc(CCCNC(=O)OC(C)(C)C)c3)cccc2c(=O)n1C1CCC(=O)NC1=O. The summed E-state index contributed by atoms with van der Waals surface area (Å²) < 4.78 is 6.53. The van der Waals surface area contributed by atoms with E-state index < -0.39 is 29.2 Å². The number of amides is 4. The average Bonchev–Trinajstić information content (AvgIpc) is 2.87. The minimum Gasteiger partial charge on any atom is -0.444 e. The predicted octanol–water partition coefficient (Wildman–Crippen LogP) is 3.39. The predicted molar refractivity (Wildman–Crippen MR) is 149 cm³/mol. The molecule has 1 aliphatic heterocycles. The smallest absolute Gasteiger partial charge is 0.407 e. The molecule has 1 aliphatic rings. The Labute approximate surface area is 231 Å². The van der Waals surface area contributed by atoms with Gasteiger partial charge in [-0.3, -0.25) is 29.1 Å². The number of nitrogens with zero attached hydrogens (tertiary/aromatic N) is 2. The van der Waals surface area contributed by atoms with Gasteiger partial charge in [0.15, 0.2) is 0 Å². The molecule has 1 saturated heterocycles. The molecule has 0 saturated carbocycles. The van der Waals surface area contributed by atoms with Crippen molar-refractivity contribution in [2.24, 2.45) is 0 Å². The monoisotopic (exact) mass is 547 g/mol. The van der Waals surface area contributed by atoms with Crippen molar-refractivity contribution in [1.29, 1.82) is 0 Å². The van der Waals surface area contributed by atoms with E-state index >= 15 is 0 Å². The van der Waals surface area contributed by atoms with Gasteiger partial charge in [0, 0.05) is 18.5 Å². The number of hydrogen-bond acceptors (Lipinski definition) is 7. The van der Waals surface area contributed by atoms with Crippen LogP contribution in [0.15, 0.2) is 47.3 Å². The Morgan fingerprint density at radius 2 is 1.88 bits per heavy atom. The summed E-state index contributed by atoms with van der Waals surface area (Å²) in [4.78, 5) is 66.8. The van der Waals surface area contributed by atoms with Gasteiger partial charge in [-0.15, -0.1) is 0 Å². The fourth-order valence-electron chi connectivity index (χ4n) is 4.59. The normalized spacial score (nSPS) is 15.4. The number of ether oxygens (including phenoxy) is 1. The Hall–Kier alpha value is -4.54. The molecule has 40 heavy (non-hydrogen) atoms. The zero-order valence-electron chi connectivity index (χ0n) is 23.0. The molecule has 0 aliphatic carbocycles. The first-order valence-electron chi connectivity index (χ1n) is 13.2. The van der Waals surface area contributed by atoms with E-state index in [1.807, 2.05) is 6.07 Å². The van der Waals surface area contributed by atoms with Crippen molar-refractivity contribution >= 4 is 40.4 Å². The number of piperidine rings is 1. The molecule has 3 N–H and O–H groups in total. The first kappa shape index (κ1) is 28.5. The number of fused-ring (bicyclic) bond motifs is 1. The highest BCUT2D eigenvalue weighted by atomic mass is 16.6. The number of hydrogen-bond donors (Lipinski definition) is 3. The summed E-state index contributed by atoms with van der Waals surface area (Å²) >= 11 is 0. The number of aryl methyl sites for hydroxylation is 2. The maximum Gasteiger partial charge on any atom is 0.407 e. The van der Waals surface area contributed by atoms with Crippen LogP contribution in [0.1, 0.15) is 67.8 Å². The number of aromatic nitrogens is 2. The number of rotatable bonds is 7. The molecule has 0 bridgehead atoms. The molecule has 4 amide bonds. The van der Waals surface area contributed by atoms with Gasteiger partial charge in [0.2, 0.25) is 11.8 Å². The lowest BCUT2D eigenvalue weighted by atomic mass is 10.0. The quantitative estimate of drug-likeness (QED) is 0.303. The number of anilines is 1. The van der Waals surface area contributed by atoms with Crippen molar-refractivity contribution in [3.8, 4) is 0 Å². The zero-order valence-corrected chi connectivity index (χ0v) is 23.0. The zero-order chi connectivity index (χ0) is 29.0. The van der Waals surface area contributed by atoms with E-state index in [0.717, 1.165) is 5.56 Å². The molecule has 1 unspecified atom stereocenters. The first-order valence-corrected chi connectivity index (χ1v) is 13.2. The summed E-state index contributed by atoms with van der Waals surface area (Å²) in [7, 11) is 0. The summed E-state index contributed by atoms with van der Waals surface area (Å²) in [5.41, 5.74) is 1.06. The van der Waals surface area contributed by atoms with Crippen LogP contribution in [0, 0.1) is 6.92 Å². The van der Waals surface area contributed by atoms with Crippen LogP contribution in [-0.2, 0) is 20.7 Å². The van der Waals surface area contributed by atoms with E-state index in [-0.39, 0.29) is 30.0 Å². The van der Waals surface area contributed by atoms with Crippen LogP contribution >= 0.6 is 0 Å². The molecule has 11 nitrogen and oxygen atoms in total. The van der Waals surface area contributed by atoms with E-state index in [4.69, 9.17) is 4.74 Å². The van der Waals surface area contributed by atoms with E-state index in [1.54, 1.807) is 64.1 Å². The number of carbonyl (C=O) groups excluding carboxylic acids is 4. The molecule has 3 aromatic rings. The topological polar surface area (TPSA) is 148 Å². The van der Waals surface area contributed by atoms with Crippen molar-refractivity contribution in [3.05, 3.63) is 69.8 Å². The Bertz CT molecular complexity index is 1540. The highest BCUT2D eigenvalue weighted by Gasteiger charge is 2.30. The number of nitrogens with one attached hydrogen (secondary N) is 3. The van der Waals surface area contributed by atoms with Crippen LogP contribution in [0.2, 0.25) is 0 Å². The molecule has 1 aromatic heterocycles. The third-order valence-corrected chi connectivity index (χ3v) is 6.38. The second-order valence-corrected chi connectivity index (χ2v) is 10.7. The molecule has 1 fully saturated rings. The maximum atomic E-state index is 13.4. The fourth-order valence-corrected chi connectivity index (χ4v) is 4.59. The van der Waals surface area contributed by atoms with E-state index in [1.165, 1.54) is 4.57 Å². The van der Waals surface area contributed by atoms with Crippen molar-refractivity contribution in [2.75, 3.05) is 11.9 Å². The standard InChI is InChI=1S/C29H33N5O6/c1-17-31-24-20(27(38)34(17)22-13-14-23(35)33-26(22)37)11-6-12-21(24)32-25(36)19-10-5-8-18(16-19)9-7-15-30-28(39)40-29(2,3)4/h5-6,8,10-12,16,22H,7,9,13-15H2,1-4H3,(H,30,39)(H,32,36)(H,33,35,37). The van der Waals surface area contributed by atoms with E-state index in [9.17, 15) is 24.0 Å². The number of carbonyl (C=O) groups is 4. The highest BCUT2D eigenvalue weighted by molar-refractivity contribution is 6.08. The van der Waals surface area contributed by atoms with Gasteiger partial charge in [-0.2, -0.15) is 0 Å². The van der Waals surface area contributed by atoms with Gasteiger partial charge in [0.25, 0.3) is 11.5 Å². The van der Waals surface area contributed by atoms with Gasteiger partial charge in [0.1, 0.15) is 23.0 Å². The maximum absolute atomic E-state index is 13.4. The van der Waals surface area contributed by atoms with Gasteiger partial charge in [-0.05, 0) is 76.8 Å².